The van der Waals surface area contributed by atoms with Crippen LogP contribution in [0.25, 0.3) is 33.4 Å². The third-order valence-electron chi connectivity index (χ3n) is 9.09. The number of amides is 2. The van der Waals surface area contributed by atoms with Gasteiger partial charge in [-0.25, -0.2) is 4.58 Å². The average Bonchev–Trinajstić information content (AvgIpc) is 3.12. The number of rotatable bonds is 14. The predicted octanol–water partition coefficient (Wildman–Crippen LogP) is 6.51. The van der Waals surface area contributed by atoms with Crippen molar-refractivity contribution in [2.75, 3.05) is 68.8 Å². The lowest BCUT2D eigenvalue weighted by molar-refractivity contribution is -0.132. The molecule has 2 aromatic carbocycles. The Bertz CT molecular complexity index is 1770. The number of anilines is 1. The molecule has 254 valence electrons. The summed E-state index contributed by atoms with van der Waals surface area (Å²) in [5, 5.41) is 2.07. The molecule has 0 bridgehead atoms. The first-order chi connectivity index (χ1) is 23.4. The summed E-state index contributed by atoms with van der Waals surface area (Å²) >= 11 is 0. The Morgan fingerprint density at radius 1 is 0.854 bits per heavy atom. The molecule has 1 saturated heterocycles. The second kappa shape index (κ2) is 17.1. The van der Waals surface area contributed by atoms with Crippen LogP contribution in [0.1, 0.15) is 50.9 Å². The van der Waals surface area contributed by atoms with E-state index < -0.39 is 0 Å². The second-order valence-corrected chi connectivity index (χ2v) is 14.5. The molecular weight excluding hydrogens is 641 g/mol. The summed E-state index contributed by atoms with van der Waals surface area (Å²) in [6.45, 7) is 14.2. The van der Waals surface area contributed by atoms with Crippen molar-refractivity contribution in [3.8, 4) is 22.5 Å². The predicted molar refractivity (Wildman–Crippen MR) is 201 cm³/mol. The van der Waals surface area contributed by atoms with Crippen molar-refractivity contribution in [3.63, 3.8) is 0 Å². The van der Waals surface area contributed by atoms with E-state index in [1.54, 1.807) is 21.6 Å². The molecule has 5 rings (SSSR count). The van der Waals surface area contributed by atoms with Crippen LogP contribution in [0.3, 0.4) is 0 Å². The summed E-state index contributed by atoms with van der Waals surface area (Å²) in [5.41, 5.74) is 5.37. The molecule has 0 N–H and O–H groups in total. The molecule has 10 heteroatoms. The maximum absolute atomic E-state index is 14.2. The zero-order chi connectivity index (χ0) is 34.0. The number of aldehydes is 1. The van der Waals surface area contributed by atoms with E-state index in [2.05, 4.69) is 73.6 Å². The monoisotopic (exact) mass is 687 g/mol. The van der Waals surface area contributed by atoms with Crippen molar-refractivity contribution in [1.82, 2.24) is 14.4 Å². The summed E-state index contributed by atoms with van der Waals surface area (Å²) in [6.07, 6.45) is 1.91. The van der Waals surface area contributed by atoms with E-state index in [1.807, 2.05) is 34.1 Å². The van der Waals surface area contributed by atoms with Crippen molar-refractivity contribution in [3.05, 3.63) is 71.6 Å². The van der Waals surface area contributed by atoms with E-state index >= 15 is 0 Å². The fraction of sp³-hybridized carbons (Fsp3) is 0.421. The lowest BCUT2D eigenvalue weighted by Crippen LogP contribution is -2.50. The van der Waals surface area contributed by atoms with Crippen LogP contribution in [0, 0.1) is 0 Å². The molecule has 0 radical (unpaired) electrons. The minimum Gasteiger partial charge on any atom is -0.456 e. The zero-order valence-electron chi connectivity index (χ0n) is 28.6. The van der Waals surface area contributed by atoms with Gasteiger partial charge in [-0.15, -0.1) is 0 Å². The van der Waals surface area contributed by atoms with Crippen LogP contribution in [0.5, 0.6) is 0 Å². The van der Waals surface area contributed by atoms with E-state index in [9.17, 15) is 14.4 Å². The molecule has 0 aromatic heterocycles. The lowest BCUT2D eigenvalue weighted by Gasteiger charge is -2.35. The van der Waals surface area contributed by atoms with E-state index in [0.717, 1.165) is 82.7 Å². The van der Waals surface area contributed by atoms with E-state index in [4.69, 9.17) is 4.42 Å². The van der Waals surface area contributed by atoms with Crippen molar-refractivity contribution in [2.24, 2.45) is 0 Å². The maximum atomic E-state index is 14.2. The maximum Gasteiger partial charge on any atom is 0.254 e. The Hall–Kier alpha value is -3.76. The lowest BCUT2D eigenvalue weighted by atomic mass is 9.90. The van der Waals surface area contributed by atoms with Crippen LogP contribution >= 0.6 is 21.6 Å². The molecule has 0 atom stereocenters. The average molecular weight is 688 g/mol. The summed E-state index contributed by atoms with van der Waals surface area (Å²) in [6, 6.07) is 20.7. The highest BCUT2D eigenvalue weighted by atomic mass is 33.1. The Kier molecular flexibility index (Phi) is 12.6. The summed E-state index contributed by atoms with van der Waals surface area (Å²) < 4.78 is 8.97. The van der Waals surface area contributed by atoms with E-state index in [1.165, 1.54) is 0 Å². The number of fused-ring (bicyclic) bond motifs is 2. The van der Waals surface area contributed by atoms with E-state index in [-0.39, 0.29) is 11.8 Å². The molecule has 2 aliphatic heterocycles. The van der Waals surface area contributed by atoms with Crippen LogP contribution in [-0.4, -0.2) is 91.8 Å². The van der Waals surface area contributed by atoms with Crippen LogP contribution in [0.4, 0.5) is 5.69 Å². The van der Waals surface area contributed by atoms with Gasteiger partial charge in [0, 0.05) is 104 Å². The summed E-state index contributed by atoms with van der Waals surface area (Å²) in [7, 11) is 3.26. The molecular formula is C38H47N4O4S2+. The largest absolute Gasteiger partial charge is 0.456 e. The third-order valence-corrected chi connectivity index (χ3v) is 11.5. The molecule has 1 aliphatic carbocycles. The zero-order valence-corrected chi connectivity index (χ0v) is 30.2. The summed E-state index contributed by atoms with van der Waals surface area (Å²) in [5.74, 6) is 2.36. The van der Waals surface area contributed by atoms with Crippen molar-refractivity contribution >= 4 is 56.3 Å². The Morgan fingerprint density at radius 3 is 2.27 bits per heavy atom. The van der Waals surface area contributed by atoms with Crippen LogP contribution in [0.15, 0.2) is 65.1 Å². The number of carbonyl (C=O) groups is 3. The van der Waals surface area contributed by atoms with Crippen molar-refractivity contribution in [1.29, 1.82) is 0 Å². The quantitative estimate of drug-likeness (QED) is 0.0492. The van der Waals surface area contributed by atoms with Crippen LogP contribution in [-0.2, 0) is 9.59 Å². The Balaban J connectivity index is 1.48. The Labute approximate surface area is 291 Å². The van der Waals surface area contributed by atoms with Gasteiger partial charge in [-0.2, -0.15) is 0 Å². The van der Waals surface area contributed by atoms with Crippen LogP contribution in [0.2, 0.25) is 0 Å². The van der Waals surface area contributed by atoms with Gasteiger partial charge in [-0.05, 0) is 57.5 Å². The van der Waals surface area contributed by atoms with Gasteiger partial charge >= 0.3 is 0 Å². The molecule has 2 heterocycles. The minimum absolute atomic E-state index is 0.0264. The van der Waals surface area contributed by atoms with Gasteiger partial charge < -0.3 is 23.9 Å². The smallest absolute Gasteiger partial charge is 0.254 e. The van der Waals surface area contributed by atoms with Gasteiger partial charge in [-0.3, -0.25) is 9.59 Å². The first-order valence-electron chi connectivity index (χ1n) is 17.1. The van der Waals surface area contributed by atoms with Gasteiger partial charge in [-0.1, -0.05) is 39.8 Å². The number of carbonyl (C=O) groups excluding carboxylic acids is 3. The third kappa shape index (κ3) is 7.92. The van der Waals surface area contributed by atoms with Gasteiger partial charge in [0.05, 0.1) is 6.07 Å². The number of piperazine rings is 1. The molecule has 2 aromatic rings. The SMILES string of the molecule is CCN(CC)c1ccc2c(-c3ccccc3C(=O)N3CCN(C(=O)CCSSCCC=O)CC3)c3ccc(=[N+](CC)CC)cc-3oc2c1. The van der Waals surface area contributed by atoms with Gasteiger partial charge in [0.25, 0.3) is 5.91 Å². The fourth-order valence-corrected chi connectivity index (χ4v) is 8.38. The first-order valence-corrected chi connectivity index (χ1v) is 19.6. The molecule has 2 amide bonds. The number of nitrogens with zero attached hydrogens (tertiary/aromatic N) is 4. The molecule has 1 fully saturated rings. The molecule has 8 nitrogen and oxygen atoms in total. The molecule has 0 unspecified atom stereocenters. The van der Waals surface area contributed by atoms with Gasteiger partial charge in [0.2, 0.25) is 11.3 Å². The normalized spacial score (nSPS) is 13.2. The summed E-state index contributed by atoms with van der Waals surface area (Å²) in [4.78, 5) is 43.6. The van der Waals surface area contributed by atoms with Crippen molar-refractivity contribution in [2.45, 2.75) is 40.5 Å². The van der Waals surface area contributed by atoms with Gasteiger partial charge in [0.15, 0.2) is 0 Å². The minimum atomic E-state index is -0.0264. The van der Waals surface area contributed by atoms with Crippen molar-refractivity contribution < 1.29 is 18.8 Å². The fourth-order valence-electron chi connectivity index (χ4n) is 6.45. The van der Waals surface area contributed by atoms with Crippen LogP contribution < -0.4 is 14.8 Å². The van der Waals surface area contributed by atoms with Gasteiger partial charge in [0.1, 0.15) is 30.7 Å². The Morgan fingerprint density at radius 2 is 1.56 bits per heavy atom. The molecule has 0 spiro atoms. The molecule has 0 saturated carbocycles. The molecule has 3 aliphatic rings. The second-order valence-electron chi connectivity index (χ2n) is 11.8. The number of hydrogen-bond acceptors (Lipinski definition) is 7. The number of hydrogen-bond donors (Lipinski definition) is 0. The highest BCUT2D eigenvalue weighted by Gasteiger charge is 2.28. The topological polar surface area (TPSA) is 77.1 Å². The highest BCUT2D eigenvalue weighted by molar-refractivity contribution is 8.76. The number of benzene rings is 3. The van der Waals surface area contributed by atoms with E-state index in [0.29, 0.717) is 50.3 Å². The molecule has 48 heavy (non-hydrogen) atoms. The standard InChI is InChI=1S/C38H47N4O4S2/c1-5-39(6-2)28-14-16-32-34(26-28)46-35-27-29(40(7-3)8-4)15-17-33(35)37(32)30-12-9-10-13-31(30)38(45)42-21-19-41(20-22-42)36(44)18-25-48-47-24-11-23-43/h9-10,12-17,23,26-27H,5-8,11,18-22,24-25H2,1-4H3/q+1. The first kappa shape index (κ1) is 35.5. The highest BCUT2D eigenvalue weighted by Crippen LogP contribution is 2.42.